The first kappa shape index (κ1) is 43.2. The van der Waals surface area contributed by atoms with E-state index in [0.29, 0.717) is 32.5 Å². The van der Waals surface area contributed by atoms with Gasteiger partial charge in [-0.25, -0.2) is 8.78 Å². The van der Waals surface area contributed by atoms with Crippen LogP contribution in [0.2, 0.25) is 0 Å². The highest BCUT2D eigenvalue weighted by Crippen LogP contribution is 2.23. The third-order valence-corrected chi connectivity index (χ3v) is 9.23. The molecule has 0 aromatic carbocycles. The van der Waals surface area contributed by atoms with Crippen molar-refractivity contribution in [3.8, 4) is 0 Å². The Morgan fingerprint density at radius 1 is 0.447 bits per heavy atom. The van der Waals surface area contributed by atoms with Crippen LogP contribution in [-0.2, 0) is 9.59 Å². The van der Waals surface area contributed by atoms with Crippen LogP contribution in [0.15, 0.2) is 23.8 Å². The van der Waals surface area contributed by atoms with Gasteiger partial charge in [-0.3, -0.25) is 9.59 Å². The summed E-state index contributed by atoms with van der Waals surface area (Å²) in [5.74, 6) is -3.10. The van der Waals surface area contributed by atoms with E-state index in [1.54, 1.807) is 0 Å². The zero-order valence-corrected chi connectivity index (χ0v) is 29.7. The van der Waals surface area contributed by atoms with Gasteiger partial charge in [0.1, 0.15) is 0 Å². The lowest BCUT2D eigenvalue weighted by molar-refractivity contribution is -0.120. The molecule has 0 aliphatic heterocycles. The molecule has 0 aromatic rings. The highest BCUT2D eigenvalue weighted by molar-refractivity contribution is 5.93. The first-order valence-electron chi connectivity index (χ1n) is 19.5. The van der Waals surface area contributed by atoms with Crippen LogP contribution in [-0.4, -0.2) is 47.3 Å². The number of allylic oxidation sites excluding steroid dienone is 2. The van der Waals surface area contributed by atoms with E-state index in [1.807, 2.05) is 0 Å². The van der Waals surface area contributed by atoms with E-state index in [0.717, 1.165) is 64.2 Å². The number of halogens is 2. The van der Waals surface area contributed by atoms with Gasteiger partial charge in [-0.05, 0) is 57.1 Å². The number of amides is 2. The number of carbonyl (C=O) groups is 2. The molecule has 1 aliphatic rings. The monoisotopic (exact) mass is 669 g/mol. The molecule has 0 heterocycles. The predicted octanol–water partition coefficient (Wildman–Crippen LogP) is 9.97. The number of hydrogen-bond acceptors (Lipinski definition) is 4. The van der Waals surface area contributed by atoms with Gasteiger partial charge in [0.2, 0.25) is 0 Å². The van der Waals surface area contributed by atoms with Gasteiger partial charge >= 0.3 is 0 Å². The quantitative estimate of drug-likeness (QED) is 0.0405. The zero-order chi connectivity index (χ0) is 34.2. The first-order valence-corrected chi connectivity index (χ1v) is 19.5. The highest BCUT2D eigenvalue weighted by atomic mass is 19.1. The fourth-order valence-electron chi connectivity index (χ4n) is 6.03. The van der Waals surface area contributed by atoms with E-state index in [1.165, 1.54) is 115 Å². The van der Waals surface area contributed by atoms with E-state index < -0.39 is 23.5 Å². The van der Waals surface area contributed by atoms with Crippen molar-refractivity contribution in [3.05, 3.63) is 23.8 Å². The SMILES string of the molecule is O=C(NC1CC1NC(=O)C(F)=CCCCCCCCCCCCCCCCO)C(F)=CCCCCCCCCCCCCCCCO. The topological polar surface area (TPSA) is 98.7 Å². The minimum absolute atomic E-state index is 0.309. The fraction of sp³-hybridized carbons (Fsp3) is 0.846. The van der Waals surface area contributed by atoms with Crippen molar-refractivity contribution in [2.45, 2.75) is 198 Å². The van der Waals surface area contributed by atoms with Gasteiger partial charge in [-0.15, -0.1) is 0 Å². The van der Waals surface area contributed by atoms with Crippen molar-refractivity contribution in [3.63, 3.8) is 0 Å². The third kappa shape index (κ3) is 26.8. The summed E-state index contributed by atoms with van der Waals surface area (Å²) in [5.41, 5.74) is 0. The second-order valence-electron chi connectivity index (χ2n) is 13.7. The van der Waals surface area contributed by atoms with E-state index in [9.17, 15) is 18.4 Å². The standard InChI is InChI=1S/C39H70F2N2O4/c40-34(29-25-21-17-13-9-5-1-3-7-11-15-19-23-27-31-44)38(46)42-36-33-37(36)43-39(47)35(41)30-26-22-18-14-10-6-2-4-8-12-16-20-24-28-32-45/h29-30,36-37,44-45H,1-28,31-33H2,(H,42,46)(H,43,47). The van der Waals surface area contributed by atoms with Crippen LogP contribution in [0.1, 0.15) is 186 Å². The third-order valence-electron chi connectivity index (χ3n) is 9.23. The molecule has 0 aromatic heterocycles. The Labute approximate surface area is 286 Å². The summed E-state index contributed by atoms with van der Waals surface area (Å²) in [4.78, 5) is 24.3. The second-order valence-corrected chi connectivity index (χ2v) is 13.7. The van der Waals surface area contributed by atoms with Gasteiger partial charge in [-0.2, -0.15) is 0 Å². The summed E-state index contributed by atoms with van der Waals surface area (Å²) < 4.78 is 28.4. The smallest absolute Gasteiger partial charge is 0.279 e. The maximum Gasteiger partial charge on any atom is 0.279 e. The second kappa shape index (κ2) is 31.5. The Bertz CT molecular complexity index is 770. The van der Waals surface area contributed by atoms with Crippen molar-refractivity contribution in [2.24, 2.45) is 0 Å². The fourth-order valence-corrected chi connectivity index (χ4v) is 6.03. The number of rotatable bonds is 34. The van der Waals surface area contributed by atoms with Gasteiger partial charge in [0.15, 0.2) is 11.7 Å². The lowest BCUT2D eigenvalue weighted by Gasteiger charge is -2.05. The van der Waals surface area contributed by atoms with Crippen LogP contribution in [0.25, 0.3) is 0 Å². The number of unbranched alkanes of at least 4 members (excludes halogenated alkanes) is 26. The lowest BCUT2D eigenvalue weighted by atomic mass is 10.0. The van der Waals surface area contributed by atoms with E-state index in [2.05, 4.69) is 10.6 Å². The molecule has 6 nitrogen and oxygen atoms in total. The summed E-state index contributed by atoms with van der Waals surface area (Å²) >= 11 is 0. The van der Waals surface area contributed by atoms with Crippen LogP contribution in [0.5, 0.6) is 0 Å². The van der Waals surface area contributed by atoms with Gasteiger partial charge in [-0.1, -0.05) is 141 Å². The molecular formula is C39H70F2N2O4. The molecule has 1 fully saturated rings. The summed E-state index contributed by atoms with van der Waals surface area (Å²) in [6.07, 6.45) is 34.6. The van der Waals surface area contributed by atoms with E-state index >= 15 is 0 Å². The Hall–Kier alpha value is -1.80. The Kier molecular flexibility index (Phi) is 28.9. The number of hydrogen-bond donors (Lipinski definition) is 4. The van der Waals surface area contributed by atoms with Crippen molar-refractivity contribution >= 4 is 11.8 Å². The van der Waals surface area contributed by atoms with Gasteiger partial charge in [0.25, 0.3) is 11.8 Å². The molecule has 274 valence electrons. The highest BCUT2D eigenvalue weighted by Gasteiger charge is 2.40. The summed E-state index contributed by atoms with van der Waals surface area (Å²) in [6, 6.07) is -0.719. The molecular weight excluding hydrogens is 598 g/mol. The molecule has 4 N–H and O–H groups in total. The average Bonchev–Trinajstić information content (AvgIpc) is 3.80. The molecule has 0 radical (unpaired) electrons. The molecule has 2 unspecified atom stereocenters. The van der Waals surface area contributed by atoms with Gasteiger partial charge in [0.05, 0.1) is 12.1 Å². The maximum absolute atomic E-state index is 14.2. The van der Waals surface area contributed by atoms with Crippen molar-refractivity contribution in [2.75, 3.05) is 13.2 Å². The van der Waals surface area contributed by atoms with Crippen LogP contribution >= 0.6 is 0 Å². The lowest BCUT2D eigenvalue weighted by Crippen LogP contribution is -2.35. The van der Waals surface area contributed by atoms with Crippen LogP contribution in [0.3, 0.4) is 0 Å². The maximum atomic E-state index is 14.2. The minimum atomic E-state index is -0.786. The largest absolute Gasteiger partial charge is 0.396 e. The zero-order valence-electron chi connectivity index (χ0n) is 29.7. The normalized spacial score (nSPS) is 16.4. The molecule has 2 amide bonds. The van der Waals surface area contributed by atoms with E-state index in [-0.39, 0.29) is 12.1 Å². The molecule has 8 heteroatoms. The molecule has 1 rings (SSSR count). The summed E-state index contributed by atoms with van der Waals surface area (Å²) in [5, 5.41) is 22.8. The Balaban J connectivity index is 1.96. The molecule has 47 heavy (non-hydrogen) atoms. The molecule has 1 saturated carbocycles. The van der Waals surface area contributed by atoms with Gasteiger partial charge < -0.3 is 20.8 Å². The average molecular weight is 669 g/mol. The van der Waals surface area contributed by atoms with Crippen LogP contribution in [0.4, 0.5) is 8.78 Å². The minimum Gasteiger partial charge on any atom is -0.396 e. The number of aliphatic hydroxyl groups is 2. The molecule has 0 saturated heterocycles. The first-order chi connectivity index (χ1) is 23.0. The predicted molar refractivity (Wildman–Crippen MR) is 190 cm³/mol. The summed E-state index contributed by atoms with van der Waals surface area (Å²) in [7, 11) is 0. The number of carbonyl (C=O) groups excluding carboxylic acids is 2. The van der Waals surface area contributed by atoms with Crippen molar-refractivity contribution in [1.82, 2.24) is 10.6 Å². The van der Waals surface area contributed by atoms with Crippen LogP contribution in [0, 0.1) is 0 Å². The number of nitrogens with one attached hydrogen (secondary N) is 2. The van der Waals surface area contributed by atoms with Crippen molar-refractivity contribution in [1.29, 1.82) is 0 Å². The molecule has 1 aliphatic carbocycles. The summed E-state index contributed by atoms with van der Waals surface area (Å²) in [6.45, 7) is 0.617. The number of aliphatic hydroxyl groups excluding tert-OH is 2. The molecule has 0 spiro atoms. The Morgan fingerprint density at radius 3 is 0.936 bits per heavy atom. The molecule has 0 bridgehead atoms. The van der Waals surface area contributed by atoms with Crippen molar-refractivity contribution < 1.29 is 28.6 Å². The Morgan fingerprint density at radius 2 is 0.681 bits per heavy atom. The van der Waals surface area contributed by atoms with Crippen LogP contribution < -0.4 is 10.6 Å². The van der Waals surface area contributed by atoms with Gasteiger partial charge in [0, 0.05) is 13.2 Å². The van der Waals surface area contributed by atoms with E-state index in [4.69, 9.17) is 10.2 Å². The molecule has 2 atom stereocenters.